The van der Waals surface area contributed by atoms with Crippen LogP contribution in [0, 0.1) is 0 Å². The van der Waals surface area contributed by atoms with E-state index in [9.17, 15) is 14.4 Å². The van der Waals surface area contributed by atoms with E-state index in [-0.39, 0.29) is 27.4 Å². The molecule has 34 heavy (non-hydrogen) atoms. The van der Waals surface area contributed by atoms with Crippen LogP contribution in [0.15, 0.2) is 63.4 Å². The van der Waals surface area contributed by atoms with Gasteiger partial charge in [-0.25, -0.2) is 14.9 Å². The third kappa shape index (κ3) is 3.80. The van der Waals surface area contributed by atoms with E-state index in [0.29, 0.717) is 11.1 Å². The molecule has 5 rings (SSSR count). The van der Waals surface area contributed by atoms with E-state index in [1.807, 2.05) is 4.98 Å². The summed E-state index contributed by atoms with van der Waals surface area (Å²) < 4.78 is 8.37. The minimum Gasteiger partial charge on any atom is -0.434 e. The van der Waals surface area contributed by atoms with E-state index in [1.54, 1.807) is 35.3 Å². The Morgan fingerprint density at radius 1 is 1.03 bits per heavy atom. The number of aromatic amines is 2. The number of fused-ring (bicyclic) bond motifs is 1. The van der Waals surface area contributed by atoms with Gasteiger partial charge in [0, 0.05) is 12.3 Å². The monoisotopic (exact) mass is 498 g/mol. The molecule has 14 heteroatoms. The Hall–Kier alpha value is -4.42. The Labute approximate surface area is 198 Å². The van der Waals surface area contributed by atoms with Gasteiger partial charge in [0.25, 0.3) is 11.1 Å². The van der Waals surface area contributed by atoms with Crippen LogP contribution < -0.4 is 27.3 Å². The Bertz CT molecular complexity index is 1730. The number of nitrogens with one attached hydrogen (secondary N) is 2. The Morgan fingerprint density at radius 2 is 1.79 bits per heavy atom. The number of aromatic nitrogens is 7. The first-order chi connectivity index (χ1) is 16.3. The second-order valence-electron chi connectivity index (χ2n) is 6.99. The molecule has 4 heterocycles. The van der Waals surface area contributed by atoms with Gasteiger partial charge in [0.05, 0.1) is 39.3 Å². The van der Waals surface area contributed by atoms with Crippen molar-refractivity contribution in [3.05, 3.63) is 90.3 Å². The van der Waals surface area contributed by atoms with Gasteiger partial charge >= 0.3 is 5.69 Å². The van der Waals surface area contributed by atoms with Crippen LogP contribution in [-0.2, 0) is 0 Å². The minimum atomic E-state index is -0.831. The molecule has 0 aliphatic carbocycles. The zero-order chi connectivity index (χ0) is 24.0. The van der Waals surface area contributed by atoms with E-state index >= 15 is 0 Å². The number of pyridine rings is 1. The number of nitrogens with two attached hydrogens (primary N) is 1. The average Bonchev–Trinajstić information content (AvgIpc) is 3.27. The first kappa shape index (κ1) is 21.4. The molecule has 0 spiro atoms. The molecule has 0 saturated heterocycles. The molecule has 0 unspecified atom stereocenters. The maximum atomic E-state index is 12.4. The fourth-order valence-corrected chi connectivity index (χ4v) is 3.75. The molecule has 0 bridgehead atoms. The predicted octanol–water partition coefficient (Wildman–Crippen LogP) is 2.00. The predicted molar refractivity (Wildman–Crippen MR) is 124 cm³/mol. The van der Waals surface area contributed by atoms with Crippen LogP contribution in [0.3, 0.4) is 0 Å². The lowest BCUT2D eigenvalue weighted by Gasteiger charge is -2.12. The lowest BCUT2D eigenvalue weighted by molar-refractivity contribution is 0.455. The molecule has 5 aromatic rings. The standard InChI is InChI=1S/C20H12Cl2N8O4/c21-13-4-10(30-20(33)25-19(32)17(23)28-30)5-14(22)16(13)34-15-6-12(18(31)27-26-15)9-1-2-29-8-24-7-11(29)3-9/h1-8H,(H2,23,28)(H,27,31)(H,25,32,33). The normalized spacial score (nSPS) is 11.1. The van der Waals surface area contributed by atoms with Gasteiger partial charge in [-0.3, -0.25) is 14.6 Å². The number of H-pyrrole nitrogens is 2. The maximum Gasteiger partial charge on any atom is 0.349 e. The van der Waals surface area contributed by atoms with E-state index in [0.717, 1.165) is 10.2 Å². The highest BCUT2D eigenvalue weighted by Crippen LogP contribution is 2.37. The van der Waals surface area contributed by atoms with Gasteiger partial charge in [-0.05, 0) is 29.8 Å². The first-order valence-electron chi connectivity index (χ1n) is 9.48. The Morgan fingerprint density at radius 3 is 2.56 bits per heavy atom. The summed E-state index contributed by atoms with van der Waals surface area (Å²) in [5, 5.41) is 10.0. The van der Waals surface area contributed by atoms with Crippen molar-refractivity contribution in [1.29, 1.82) is 0 Å². The van der Waals surface area contributed by atoms with E-state index in [4.69, 9.17) is 33.7 Å². The van der Waals surface area contributed by atoms with Gasteiger partial charge in [-0.1, -0.05) is 23.2 Å². The van der Waals surface area contributed by atoms with Crippen molar-refractivity contribution < 1.29 is 4.74 Å². The summed E-state index contributed by atoms with van der Waals surface area (Å²) in [6, 6.07) is 7.66. The van der Waals surface area contributed by atoms with Crippen molar-refractivity contribution in [1.82, 2.24) is 34.3 Å². The maximum absolute atomic E-state index is 12.4. The van der Waals surface area contributed by atoms with Crippen molar-refractivity contribution in [3.8, 4) is 28.4 Å². The molecule has 4 aromatic heterocycles. The molecule has 0 saturated carbocycles. The Kier molecular flexibility index (Phi) is 5.15. The molecule has 0 radical (unpaired) electrons. The van der Waals surface area contributed by atoms with Gasteiger partial charge in [0.2, 0.25) is 11.7 Å². The molecular formula is C20H12Cl2N8O4. The SMILES string of the molecule is Nc1nn(-c2cc(Cl)c(Oc3cc(-c4ccn5cncc5c4)c(=O)[nH]n3)c(Cl)c2)c(=O)[nH]c1=O. The summed E-state index contributed by atoms with van der Waals surface area (Å²) in [4.78, 5) is 42.0. The molecular weight excluding hydrogens is 487 g/mol. The number of benzene rings is 1. The highest BCUT2D eigenvalue weighted by atomic mass is 35.5. The van der Waals surface area contributed by atoms with Gasteiger partial charge in [-0.2, -0.15) is 4.68 Å². The van der Waals surface area contributed by atoms with E-state index in [2.05, 4.69) is 20.3 Å². The van der Waals surface area contributed by atoms with Crippen molar-refractivity contribution in [2.24, 2.45) is 0 Å². The number of rotatable bonds is 4. The number of imidazole rings is 1. The lowest BCUT2D eigenvalue weighted by Crippen LogP contribution is -2.33. The number of halogens is 2. The molecule has 1 aromatic carbocycles. The van der Waals surface area contributed by atoms with Gasteiger partial charge in [0.15, 0.2) is 5.75 Å². The Balaban J connectivity index is 1.52. The van der Waals surface area contributed by atoms with Crippen molar-refractivity contribution in [2.45, 2.75) is 0 Å². The van der Waals surface area contributed by atoms with Crippen LogP contribution >= 0.6 is 23.2 Å². The summed E-state index contributed by atoms with van der Waals surface area (Å²) in [5.74, 6) is -0.372. The molecule has 0 amide bonds. The van der Waals surface area contributed by atoms with Gasteiger partial charge in [0.1, 0.15) is 0 Å². The fourth-order valence-electron chi connectivity index (χ4n) is 3.20. The van der Waals surface area contributed by atoms with Crippen LogP contribution in [0.25, 0.3) is 22.3 Å². The third-order valence-electron chi connectivity index (χ3n) is 4.79. The summed E-state index contributed by atoms with van der Waals surface area (Å²) in [7, 11) is 0. The number of nitrogen functional groups attached to an aromatic ring is 1. The van der Waals surface area contributed by atoms with E-state index < -0.39 is 22.6 Å². The first-order valence-corrected chi connectivity index (χ1v) is 10.2. The average molecular weight is 499 g/mol. The summed E-state index contributed by atoms with van der Waals surface area (Å²) in [6.45, 7) is 0. The van der Waals surface area contributed by atoms with E-state index in [1.165, 1.54) is 18.2 Å². The fraction of sp³-hybridized carbons (Fsp3) is 0. The molecule has 12 nitrogen and oxygen atoms in total. The minimum absolute atomic E-state index is 0.0104. The smallest absolute Gasteiger partial charge is 0.349 e. The molecule has 0 atom stereocenters. The van der Waals surface area contributed by atoms with Crippen LogP contribution in [0.4, 0.5) is 5.82 Å². The van der Waals surface area contributed by atoms with Crippen LogP contribution in [0.1, 0.15) is 0 Å². The van der Waals surface area contributed by atoms with Crippen LogP contribution in [0.2, 0.25) is 10.0 Å². The van der Waals surface area contributed by atoms with Crippen molar-refractivity contribution >= 4 is 34.5 Å². The van der Waals surface area contributed by atoms with Crippen LogP contribution in [-0.4, -0.2) is 34.3 Å². The quantitative estimate of drug-likeness (QED) is 0.338. The highest BCUT2D eigenvalue weighted by molar-refractivity contribution is 6.37. The largest absolute Gasteiger partial charge is 0.434 e. The lowest BCUT2D eigenvalue weighted by atomic mass is 10.1. The molecule has 0 aliphatic heterocycles. The number of nitrogens with zero attached hydrogens (tertiary/aromatic N) is 5. The molecule has 4 N–H and O–H groups in total. The molecule has 170 valence electrons. The molecule has 0 aliphatic rings. The zero-order valence-electron chi connectivity index (χ0n) is 16.8. The second kappa shape index (κ2) is 8.17. The van der Waals surface area contributed by atoms with Crippen LogP contribution in [0.5, 0.6) is 11.6 Å². The van der Waals surface area contributed by atoms with Crippen molar-refractivity contribution in [3.63, 3.8) is 0 Å². The number of ether oxygens (including phenoxy) is 1. The topological polar surface area (TPSA) is 166 Å². The highest BCUT2D eigenvalue weighted by Gasteiger charge is 2.16. The zero-order valence-corrected chi connectivity index (χ0v) is 18.3. The van der Waals surface area contributed by atoms with Gasteiger partial charge in [-0.15, -0.1) is 10.2 Å². The van der Waals surface area contributed by atoms with Gasteiger partial charge < -0.3 is 14.9 Å². The summed E-state index contributed by atoms with van der Waals surface area (Å²) in [5.41, 5.74) is 5.27. The molecule has 0 fully saturated rings. The number of hydrogen-bond donors (Lipinski definition) is 3. The van der Waals surface area contributed by atoms with Crippen molar-refractivity contribution in [2.75, 3.05) is 5.73 Å². The second-order valence-corrected chi connectivity index (χ2v) is 7.80. The number of hydrogen-bond acceptors (Lipinski definition) is 8. The summed E-state index contributed by atoms with van der Waals surface area (Å²) >= 11 is 12.7. The third-order valence-corrected chi connectivity index (χ3v) is 5.35. The number of anilines is 1. The summed E-state index contributed by atoms with van der Waals surface area (Å²) in [6.07, 6.45) is 5.07.